The number of amides is 1. The molecule has 1 amide bonds. The quantitative estimate of drug-likeness (QED) is 0.909. The number of benzene rings is 1. The van der Waals surface area contributed by atoms with Crippen molar-refractivity contribution >= 4 is 33.3 Å². The van der Waals surface area contributed by atoms with E-state index < -0.39 is 0 Å². The first-order chi connectivity index (χ1) is 10.6. The van der Waals surface area contributed by atoms with Crippen molar-refractivity contribution in [2.45, 2.75) is 19.8 Å². The number of hydrogen-bond acceptors (Lipinski definition) is 4. The largest absolute Gasteiger partial charge is 0.338 e. The van der Waals surface area contributed by atoms with E-state index in [1.165, 1.54) is 11.8 Å². The predicted molar refractivity (Wildman–Crippen MR) is 89.3 cm³/mol. The zero-order valence-corrected chi connectivity index (χ0v) is 13.9. The summed E-state index contributed by atoms with van der Waals surface area (Å²) in [4.78, 5) is 22.6. The lowest BCUT2D eigenvalue weighted by atomic mass is 10.2. The number of likely N-dealkylation sites (tertiary alicyclic amines) is 1. The number of nitrogens with one attached hydrogen (secondary N) is 1. The van der Waals surface area contributed by atoms with Crippen molar-refractivity contribution in [2.75, 3.05) is 18.4 Å². The molecule has 0 radical (unpaired) electrons. The molecule has 0 saturated carbocycles. The van der Waals surface area contributed by atoms with Crippen molar-refractivity contribution < 1.29 is 4.79 Å². The van der Waals surface area contributed by atoms with Crippen molar-refractivity contribution in [2.24, 2.45) is 0 Å². The fourth-order valence-electron chi connectivity index (χ4n) is 2.44. The molecule has 22 heavy (non-hydrogen) atoms. The Labute approximate surface area is 137 Å². The van der Waals surface area contributed by atoms with Crippen LogP contribution in [0.2, 0.25) is 0 Å². The summed E-state index contributed by atoms with van der Waals surface area (Å²) in [5.74, 6) is 0.579. The minimum absolute atomic E-state index is 0.0342. The Morgan fingerprint density at radius 1 is 1.23 bits per heavy atom. The molecule has 1 saturated heterocycles. The Morgan fingerprint density at radius 3 is 2.64 bits per heavy atom. The van der Waals surface area contributed by atoms with Crippen LogP contribution < -0.4 is 5.32 Å². The first-order valence-corrected chi connectivity index (χ1v) is 8.07. The Bertz CT molecular complexity index is 681. The van der Waals surface area contributed by atoms with Gasteiger partial charge in [-0.2, -0.15) is 0 Å². The standard InChI is InChI=1S/C16H17BrN4O/c1-11-4-5-13(12(17)8-11)20-15-10-18-14(9-19-15)16(22)21-6-2-3-7-21/h4-5,8-10H,2-3,6-7H2,1H3,(H,19,20). The number of halogens is 1. The topological polar surface area (TPSA) is 58.1 Å². The van der Waals surface area contributed by atoms with Crippen LogP contribution in [0.5, 0.6) is 0 Å². The smallest absolute Gasteiger partial charge is 0.274 e. The molecule has 5 nitrogen and oxygen atoms in total. The van der Waals surface area contributed by atoms with Gasteiger partial charge in [0.25, 0.3) is 5.91 Å². The van der Waals surface area contributed by atoms with Gasteiger partial charge in [0, 0.05) is 17.6 Å². The molecule has 2 aromatic rings. The molecular formula is C16H17BrN4O. The van der Waals surface area contributed by atoms with Crippen LogP contribution in [0, 0.1) is 6.92 Å². The highest BCUT2D eigenvalue weighted by Crippen LogP contribution is 2.25. The lowest BCUT2D eigenvalue weighted by Crippen LogP contribution is -2.28. The SMILES string of the molecule is Cc1ccc(Nc2cnc(C(=O)N3CCCC3)cn2)c(Br)c1. The van der Waals surface area contributed by atoms with Crippen LogP contribution >= 0.6 is 15.9 Å². The lowest BCUT2D eigenvalue weighted by molar-refractivity contribution is 0.0786. The van der Waals surface area contributed by atoms with E-state index >= 15 is 0 Å². The second-order valence-electron chi connectivity index (χ2n) is 5.39. The number of anilines is 2. The number of aryl methyl sites for hydroxylation is 1. The fraction of sp³-hybridized carbons (Fsp3) is 0.312. The third kappa shape index (κ3) is 3.27. The summed E-state index contributed by atoms with van der Waals surface area (Å²) in [5, 5.41) is 3.19. The molecule has 1 fully saturated rings. The third-order valence-corrected chi connectivity index (χ3v) is 4.31. The number of carbonyl (C=O) groups is 1. The normalized spacial score (nSPS) is 14.2. The van der Waals surface area contributed by atoms with Crippen LogP contribution in [-0.2, 0) is 0 Å². The van der Waals surface area contributed by atoms with E-state index in [0.717, 1.165) is 36.1 Å². The van der Waals surface area contributed by atoms with Crippen molar-refractivity contribution in [1.82, 2.24) is 14.9 Å². The second kappa shape index (κ2) is 6.44. The number of hydrogen-bond donors (Lipinski definition) is 1. The van der Waals surface area contributed by atoms with Gasteiger partial charge in [-0.15, -0.1) is 0 Å². The Morgan fingerprint density at radius 2 is 2.00 bits per heavy atom. The molecular weight excluding hydrogens is 344 g/mol. The van der Waals surface area contributed by atoms with Crippen LogP contribution in [0.1, 0.15) is 28.9 Å². The van der Waals surface area contributed by atoms with Gasteiger partial charge in [0.1, 0.15) is 11.5 Å². The minimum Gasteiger partial charge on any atom is -0.338 e. The van der Waals surface area contributed by atoms with Crippen LogP contribution in [-0.4, -0.2) is 33.9 Å². The molecule has 1 aliphatic rings. The Hall–Kier alpha value is -1.95. The molecule has 3 rings (SSSR count). The van der Waals surface area contributed by atoms with Gasteiger partial charge < -0.3 is 10.2 Å². The summed E-state index contributed by atoms with van der Waals surface area (Å²) >= 11 is 3.52. The van der Waals surface area contributed by atoms with E-state index in [9.17, 15) is 4.79 Å². The lowest BCUT2D eigenvalue weighted by Gasteiger charge is -2.14. The molecule has 1 N–H and O–H groups in total. The van der Waals surface area contributed by atoms with E-state index in [1.54, 1.807) is 6.20 Å². The van der Waals surface area contributed by atoms with E-state index in [2.05, 4.69) is 31.2 Å². The van der Waals surface area contributed by atoms with Gasteiger partial charge in [0.2, 0.25) is 0 Å². The van der Waals surface area contributed by atoms with Crippen molar-refractivity contribution in [3.05, 3.63) is 46.3 Å². The van der Waals surface area contributed by atoms with Crippen LogP contribution in [0.3, 0.4) is 0 Å². The first-order valence-electron chi connectivity index (χ1n) is 7.28. The molecule has 6 heteroatoms. The molecule has 1 aromatic heterocycles. The molecule has 114 valence electrons. The van der Waals surface area contributed by atoms with E-state index in [0.29, 0.717) is 11.5 Å². The summed E-state index contributed by atoms with van der Waals surface area (Å²) < 4.78 is 0.964. The van der Waals surface area contributed by atoms with E-state index in [-0.39, 0.29) is 5.91 Å². The molecule has 0 spiro atoms. The fourth-order valence-corrected chi connectivity index (χ4v) is 3.04. The van der Waals surface area contributed by atoms with Crippen molar-refractivity contribution in [3.63, 3.8) is 0 Å². The average Bonchev–Trinajstić information content (AvgIpc) is 3.04. The van der Waals surface area contributed by atoms with Gasteiger partial charge in [-0.05, 0) is 53.4 Å². The van der Waals surface area contributed by atoms with Gasteiger partial charge in [-0.3, -0.25) is 4.79 Å². The predicted octanol–water partition coefficient (Wildman–Crippen LogP) is 3.53. The summed E-state index contributed by atoms with van der Waals surface area (Å²) in [6.45, 7) is 3.67. The highest BCUT2D eigenvalue weighted by Gasteiger charge is 2.20. The summed E-state index contributed by atoms with van der Waals surface area (Å²) in [6.07, 6.45) is 5.27. The second-order valence-corrected chi connectivity index (χ2v) is 6.25. The maximum Gasteiger partial charge on any atom is 0.274 e. The van der Waals surface area contributed by atoms with Crippen LogP contribution in [0.15, 0.2) is 35.1 Å². The van der Waals surface area contributed by atoms with E-state index in [1.807, 2.05) is 30.0 Å². The number of nitrogens with zero attached hydrogens (tertiary/aromatic N) is 3. The number of aromatic nitrogens is 2. The van der Waals surface area contributed by atoms with Gasteiger partial charge in [0.05, 0.1) is 18.1 Å². The first kappa shape index (κ1) is 15.0. The highest BCUT2D eigenvalue weighted by molar-refractivity contribution is 9.10. The zero-order chi connectivity index (χ0) is 15.5. The van der Waals surface area contributed by atoms with E-state index in [4.69, 9.17) is 0 Å². The zero-order valence-electron chi connectivity index (χ0n) is 12.3. The maximum absolute atomic E-state index is 12.2. The van der Waals surface area contributed by atoms with Crippen molar-refractivity contribution in [3.8, 4) is 0 Å². The van der Waals surface area contributed by atoms with Crippen molar-refractivity contribution in [1.29, 1.82) is 0 Å². The van der Waals surface area contributed by atoms with Crippen LogP contribution in [0.25, 0.3) is 0 Å². The molecule has 0 unspecified atom stereocenters. The highest BCUT2D eigenvalue weighted by atomic mass is 79.9. The molecule has 0 bridgehead atoms. The monoisotopic (exact) mass is 360 g/mol. The number of rotatable bonds is 3. The van der Waals surface area contributed by atoms with Gasteiger partial charge >= 0.3 is 0 Å². The van der Waals surface area contributed by atoms with Crippen LogP contribution in [0.4, 0.5) is 11.5 Å². The summed E-state index contributed by atoms with van der Waals surface area (Å²) in [5.41, 5.74) is 2.49. The summed E-state index contributed by atoms with van der Waals surface area (Å²) in [6, 6.07) is 6.03. The molecule has 1 aromatic carbocycles. The van der Waals surface area contributed by atoms with Gasteiger partial charge in [-0.1, -0.05) is 6.07 Å². The minimum atomic E-state index is -0.0342. The molecule has 0 aliphatic carbocycles. The molecule has 1 aliphatic heterocycles. The molecule has 2 heterocycles. The van der Waals surface area contributed by atoms with Gasteiger partial charge in [0.15, 0.2) is 0 Å². The average molecular weight is 361 g/mol. The Balaban J connectivity index is 1.72. The Kier molecular flexibility index (Phi) is 4.38. The number of carbonyl (C=O) groups excluding carboxylic acids is 1. The maximum atomic E-state index is 12.2. The molecule has 0 atom stereocenters. The van der Waals surface area contributed by atoms with Gasteiger partial charge in [-0.25, -0.2) is 9.97 Å². The third-order valence-electron chi connectivity index (χ3n) is 3.65. The summed E-state index contributed by atoms with van der Waals surface area (Å²) in [7, 11) is 0.